The Labute approximate surface area is 159 Å². The van der Waals surface area contributed by atoms with Crippen LogP contribution in [0.3, 0.4) is 0 Å². The molecule has 0 aliphatic carbocycles. The highest BCUT2D eigenvalue weighted by molar-refractivity contribution is 5.75. The van der Waals surface area contributed by atoms with Crippen LogP contribution >= 0.6 is 0 Å². The fourth-order valence-electron chi connectivity index (χ4n) is 2.32. The summed E-state index contributed by atoms with van der Waals surface area (Å²) < 4.78 is 15.0. The van der Waals surface area contributed by atoms with Crippen molar-refractivity contribution >= 4 is 12.1 Å². The molecule has 0 aromatic heterocycles. The summed E-state index contributed by atoms with van der Waals surface area (Å²) in [6.07, 6.45) is -4.00. The van der Waals surface area contributed by atoms with Crippen molar-refractivity contribution in [3.63, 3.8) is 0 Å². The fraction of sp³-hybridized carbons (Fsp3) is 0.579. The quantitative estimate of drug-likeness (QED) is 0.582. The maximum absolute atomic E-state index is 12.1. The molecule has 0 saturated carbocycles. The molecule has 1 aromatic rings. The maximum atomic E-state index is 12.1. The summed E-state index contributed by atoms with van der Waals surface area (Å²) in [5.41, 5.74) is 0.0198. The number of amides is 1. The lowest BCUT2D eigenvalue weighted by Crippen LogP contribution is -2.53. The molecule has 0 aliphatic heterocycles. The molecule has 0 spiro atoms. The zero-order valence-corrected chi connectivity index (χ0v) is 16.4. The molecule has 1 rings (SSSR count). The summed E-state index contributed by atoms with van der Waals surface area (Å²) >= 11 is 0. The zero-order chi connectivity index (χ0) is 20.6. The van der Waals surface area contributed by atoms with Crippen LogP contribution in [-0.4, -0.2) is 59.8 Å². The molecule has 0 heterocycles. The lowest BCUT2D eigenvalue weighted by atomic mass is 9.97. The van der Waals surface area contributed by atoms with Gasteiger partial charge in [-0.25, -0.2) is 9.59 Å². The average molecular weight is 383 g/mol. The van der Waals surface area contributed by atoms with Crippen molar-refractivity contribution in [2.45, 2.75) is 58.0 Å². The lowest BCUT2D eigenvalue weighted by molar-refractivity contribution is -0.160. The normalized spacial score (nSPS) is 14.6. The van der Waals surface area contributed by atoms with Crippen LogP contribution in [0.15, 0.2) is 24.3 Å². The van der Waals surface area contributed by atoms with Gasteiger partial charge in [0.15, 0.2) is 6.10 Å². The van der Waals surface area contributed by atoms with Crippen LogP contribution in [0.2, 0.25) is 0 Å². The summed E-state index contributed by atoms with van der Waals surface area (Å²) in [6.45, 7) is 6.76. The standard InChI is InChI=1S/C19H29NO7/c1-6-26-17(23)16(22)15(21)14(20-18(24)27-19(2,3)4)11-12-7-9-13(25-5)10-8-12/h7-10,14-16,21-22H,6,11H2,1-5H3,(H,20,24)/t14-,15+,16-/m1/s1. The van der Waals surface area contributed by atoms with E-state index >= 15 is 0 Å². The zero-order valence-electron chi connectivity index (χ0n) is 16.4. The number of benzene rings is 1. The Balaban J connectivity index is 2.95. The Bertz CT molecular complexity index is 609. The number of aliphatic hydroxyl groups is 2. The third-order valence-electron chi connectivity index (χ3n) is 3.58. The molecule has 8 nitrogen and oxygen atoms in total. The minimum atomic E-state index is -1.80. The molecule has 3 atom stereocenters. The minimum absolute atomic E-state index is 0.0608. The topological polar surface area (TPSA) is 114 Å². The number of hydrogen-bond acceptors (Lipinski definition) is 7. The number of rotatable bonds is 8. The molecule has 3 N–H and O–H groups in total. The van der Waals surface area contributed by atoms with E-state index < -0.39 is 35.9 Å². The highest BCUT2D eigenvalue weighted by atomic mass is 16.6. The fourth-order valence-corrected chi connectivity index (χ4v) is 2.32. The minimum Gasteiger partial charge on any atom is -0.497 e. The Kier molecular flexibility index (Phi) is 8.52. The predicted octanol–water partition coefficient (Wildman–Crippen LogP) is 1.42. The Hall–Kier alpha value is -2.32. The number of methoxy groups -OCH3 is 1. The number of hydrogen-bond donors (Lipinski definition) is 3. The van der Waals surface area contributed by atoms with Crippen LogP contribution in [-0.2, 0) is 20.7 Å². The monoisotopic (exact) mass is 383 g/mol. The maximum Gasteiger partial charge on any atom is 0.407 e. The van der Waals surface area contributed by atoms with Crippen LogP contribution < -0.4 is 10.1 Å². The smallest absolute Gasteiger partial charge is 0.407 e. The van der Waals surface area contributed by atoms with Crippen LogP contribution in [0.5, 0.6) is 5.75 Å². The number of nitrogens with one attached hydrogen (secondary N) is 1. The molecule has 0 bridgehead atoms. The summed E-state index contributed by atoms with van der Waals surface area (Å²) in [4.78, 5) is 23.9. The summed E-state index contributed by atoms with van der Waals surface area (Å²) in [6, 6.07) is 5.99. The van der Waals surface area contributed by atoms with E-state index in [9.17, 15) is 19.8 Å². The van der Waals surface area contributed by atoms with Gasteiger partial charge in [-0.3, -0.25) is 0 Å². The third-order valence-corrected chi connectivity index (χ3v) is 3.58. The first kappa shape index (κ1) is 22.7. The lowest BCUT2D eigenvalue weighted by Gasteiger charge is -2.28. The van der Waals surface area contributed by atoms with E-state index in [2.05, 4.69) is 5.32 Å². The van der Waals surface area contributed by atoms with Crippen LogP contribution in [0.4, 0.5) is 4.79 Å². The SMILES string of the molecule is CCOC(=O)[C@H](O)[C@@H](O)[C@@H](Cc1ccc(OC)cc1)NC(=O)OC(C)(C)C. The summed E-state index contributed by atoms with van der Waals surface area (Å²) in [5.74, 6) is -0.307. The first-order valence-electron chi connectivity index (χ1n) is 8.72. The molecule has 8 heteroatoms. The van der Waals surface area contributed by atoms with E-state index in [1.807, 2.05) is 0 Å². The first-order valence-corrected chi connectivity index (χ1v) is 8.72. The van der Waals surface area contributed by atoms with Crippen LogP contribution in [0, 0.1) is 0 Å². The van der Waals surface area contributed by atoms with E-state index in [-0.39, 0.29) is 13.0 Å². The van der Waals surface area contributed by atoms with Gasteiger partial charge in [0.2, 0.25) is 0 Å². The molecule has 0 radical (unpaired) electrons. The third kappa shape index (κ3) is 7.84. The van der Waals surface area contributed by atoms with Gasteiger partial charge in [0.05, 0.1) is 19.8 Å². The van der Waals surface area contributed by atoms with Crippen molar-refractivity contribution in [1.29, 1.82) is 0 Å². The van der Waals surface area contributed by atoms with Gasteiger partial charge in [-0.15, -0.1) is 0 Å². The molecule has 152 valence electrons. The highest BCUT2D eigenvalue weighted by Crippen LogP contribution is 2.16. The van der Waals surface area contributed by atoms with Gasteiger partial charge in [0.25, 0.3) is 0 Å². The predicted molar refractivity (Wildman–Crippen MR) is 98.5 cm³/mol. The Morgan fingerprint density at radius 3 is 2.22 bits per heavy atom. The molecule has 0 fully saturated rings. The highest BCUT2D eigenvalue weighted by Gasteiger charge is 2.34. The van der Waals surface area contributed by atoms with Gasteiger partial charge in [-0.1, -0.05) is 12.1 Å². The number of aliphatic hydroxyl groups excluding tert-OH is 2. The van der Waals surface area contributed by atoms with Crippen molar-refractivity contribution in [2.24, 2.45) is 0 Å². The van der Waals surface area contributed by atoms with E-state index in [0.717, 1.165) is 5.56 Å². The van der Waals surface area contributed by atoms with Crippen LogP contribution in [0.1, 0.15) is 33.3 Å². The molecule has 0 unspecified atom stereocenters. The molecule has 27 heavy (non-hydrogen) atoms. The molecule has 0 aliphatic rings. The van der Waals surface area contributed by atoms with Gasteiger partial charge in [-0.2, -0.15) is 0 Å². The van der Waals surface area contributed by atoms with E-state index in [0.29, 0.717) is 5.75 Å². The van der Waals surface area contributed by atoms with E-state index in [1.54, 1.807) is 59.1 Å². The van der Waals surface area contributed by atoms with Crippen molar-refractivity contribution in [3.05, 3.63) is 29.8 Å². The Morgan fingerprint density at radius 2 is 1.74 bits per heavy atom. The number of ether oxygens (including phenoxy) is 3. The van der Waals surface area contributed by atoms with E-state index in [1.165, 1.54) is 0 Å². The summed E-state index contributed by atoms with van der Waals surface area (Å²) in [5, 5.41) is 23.0. The van der Waals surface area contributed by atoms with E-state index in [4.69, 9.17) is 14.2 Å². The average Bonchev–Trinajstić information content (AvgIpc) is 2.59. The van der Waals surface area contributed by atoms with Crippen molar-refractivity contribution in [2.75, 3.05) is 13.7 Å². The van der Waals surface area contributed by atoms with Gasteiger partial charge < -0.3 is 29.7 Å². The number of alkyl carbamates (subject to hydrolysis) is 1. The summed E-state index contributed by atoms with van der Waals surface area (Å²) in [7, 11) is 1.54. The Morgan fingerprint density at radius 1 is 1.15 bits per heavy atom. The number of carbonyl (C=O) groups excluding carboxylic acids is 2. The number of carbonyl (C=O) groups is 2. The second kappa shape index (κ2) is 10.1. The molecular weight excluding hydrogens is 354 g/mol. The van der Waals surface area contributed by atoms with Gasteiger partial charge >= 0.3 is 12.1 Å². The molecule has 1 aromatic carbocycles. The largest absolute Gasteiger partial charge is 0.497 e. The van der Waals surface area contributed by atoms with Crippen molar-refractivity contribution < 1.29 is 34.0 Å². The van der Waals surface area contributed by atoms with Gasteiger partial charge in [0.1, 0.15) is 17.5 Å². The second-order valence-corrected chi connectivity index (χ2v) is 6.99. The van der Waals surface area contributed by atoms with Crippen molar-refractivity contribution in [3.8, 4) is 5.75 Å². The number of esters is 1. The van der Waals surface area contributed by atoms with Crippen molar-refractivity contribution in [1.82, 2.24) is 5.32 Å². The first-order chi connectivity index (χ1) is 12.6. The second-order valence-electron chi connectivity index (χ2n) is 6.99. The van der Waals surface area contributed by atoms with Crippen LogP contribution in [0.25, 0.3) is 0 Å². The molecule has 0 saturated heterocycles. The van der Waals surface area contributed by atoms with Gasteiger partial charge in [0, 0.05) is 0 Å². The van der Waals surface area contributed by atoms with Gasteiger partial charge in [-0.05, 0) is 51.8 Å². The molecular formula is C19H29NO7. The molecule has 1 amide bonds.